The number of nitrogens with one attached hydrogen (secondary N) is 2. The molecule has 1 aromatic heterocycles. The lowest BCUT2D eigenvalue weighted by atomic mass is 10.1. The molecule has 0 saturated carbocycles. The summed E-state index contributed by atoms with van der Waals surface area (Å²) < 4.78 is 0. The van der Waals surface area contributed by atoms with E-state index in [-0.39, 0.29) is 5.91 Å². The van der Waals surface area contributed by atoms with Gasteiger partial charge in [-0.25, -0.2) is 0 Å². The van der Waals surface area contributed by atoms with Crippen molar-refractivity contribution in [2.75, 3.05) is 19.6 Å². The minimum atomic E-state index is -0.151. The third-order valence-corrected chi connectivity index (χ3v) is 3.25. The Morgan fingerprint density at radius 3 is 3.12 bits per heavy atom. The normalized spacial score (nSPS) is 21.0. The number of rotatable bonds is 4. The van der Waals surface area contributed by atoms with Gasteiger partial charge in [-0.1, -0.05) is 0 Å². The van der Waals surface area contributed by atoms with E-state index in [1.54, 1.807) is 0 Å². The summed E-state index contributed by atoms with van der Waals surface area (Å²) in [5.74, 6) is 0.398. The number of carbonyl (C=O) groups is 1. The lowest BCUT2D eigenvalue weighted by molar-refractivity contribution is 0.0942. The molecule has 1 aliphatic heterocycles. The van der Waals surface area contributed by atoms with Gasteiger partial charge in [-0.3, -0.25) is 4.79 Å². The number of hydrogen-bond donors (Lipinski definition) is 2. The standard InChI is InChI=1S/C11H19N5O/c1-8(2)16-4-3-9(7-16)5-12-11(17)10-6-13-15-14-10/h6,8-9H,3-5,7H2,1-2H3,(H,12,17)(H,13,14,15). The molecule has 1 amide bonds. The Labute approximate surface area is 101 Å². The first-order valence-electron chi connectivity index (χ1n) is 6.05. The van der Waals surface area contributed by atoms with Gasteiger partial charge in [0.05, 0.1) is 6.20 Å². The molecule has 1 aromatic rings. The van der Waals surface area contributed by atoms with Crippen molar-refractivity contribution in [1.29, 1.82) is 0 Å². The molecule has 1 atom stereocenters. The van der Waals surface area contributed by atoms with Crippen molar-refractivity contribution in [2.24, 2.45) is 5.92 Å². The summed E-state index contributed by atoms with van der Waals surface area (Å²) in [6, 6.07) is 0.589. The van der Waals surface area contributed by atoms with Crippen LogP contribution in [0.5, 0.6) is 0 Å². The summed E-state index contributed by atoms with van der Waals surface area (Å²) in [7, 11) is 0. The Bertz CT molecular complexity index is 362. The first kappa shape index (κ1) is 12.0. The average molecular weight is 237 g/mol. The van der Waals surface area contributed by atoms with E-state index in [1.165, 1.54) is 6.20 Å². The van der Waals surface area contributed by atoms with Crippen LogP contribution in [0.15, 0.2) is 6.20 Å². The number of nitrogens with zero attached hydrogens (tertiary/aromatic N) is 3. The van der Waals surface area contributed by atoms with Gasteiger partial charge in [-0.05, 0) is 32.7 Å². The number of amides is 1. The highest BCUT2D eigenvalue weighted by Crippen LogP contribution is 2.17. The third kappa shape index (κ3) is 3.03. The minimum absolute atomic E-state index is 0.151. The van der Waals surface area contributed by atoms with Gasteiger partial charge in [0.1, 0.15) is 0 Å². The van der Waals surface area contributed by atoms with Gasteiger partial charge < -0.3 is 10.2 Å². The molecule has 1 aliphatic rings. The average Bonchev–Trinajstić information content (AvgIpc) is 2.97. The van der Waals surface area contributed by atoms with E-state index in [2.05, 4.69) is 39.5 Å². The highest BCUT2D eigenvalue weighted by molar-refractivity contribution is 5.91. The summed E-state index contributed by atoms with van der Waals surface area (Å²) in [5.41, 5.74) is 0.351. The van der Waals surface area contributed by atoms with Crippen molar-refractivity contribution >= 4 is 5.91 Å². The van der Waals surface area contributed by atoms with Crippen molar-refractivity contribution in [1.82, 2.24) is 25.6 Å². The van der Waals surface area contributed by atoms with Gasteiger partial charge in [-0.2, -0.15) is 15.4 Å². The highest BCUT2D eigenvalue weighted by atomic mass is 16.1. The van der Waals surface area contributed by atoms with Crippen LogP contribution >= 0.6 is 0 Å². The molecule has 0 spiro atoms. The number of aromatic nitrogens is 3. The van der Waals surface area contributed by atoms with Gasteiger partial charge in [0.15, 0.2) is 5.69 Å². The second-order valence-electron chi connectivity index (χ2n) is 4.81. The smallest absolute Gasteiger partial charge is 0.273 e. The Morgan fingerprint density at radius 2 is 2.53 bits per heavy atom. The molecular weight excluding hydrogens is 218 g/mol. The first-order chi connectivity index (χ1) is 8.16. The van der Waals surface area contributed by atoms with Crippen LogP contribution in [0.1, 0.15) is 30.8 Å². The van der Waals surface area contributed by atoms with E-state index in [4.69, 9.17) is 0 Å². The quantitative estimate of drug-likeness (QED) is 0.788. The Balaban J connectivity index is 1.75. The van der Waals surface area contributed by atoms with Crippen LogP contribution in [0.3, 0.4) is 0 Å². The van der Waals surface area contributed by atoms with E-state index in [0.717, 1.165) is 26.1 Å². The predicted molar refractivity (Wildman–Crippen MR) is 63.5 cm³/mol. The monoisotopic (exact) mass is 237 g/mol. The van der Waals surface area contributed by atoms with Crippen LogP contribution < -0.4 is 5.32 Å². The summed E-state index contributed by atoms with van der Waals surface area (Å²) in [5, 5.41) is 12.7. The topological polar surface area (TPSA) is 73.9 Å². The Hall–Kier alpha value is -1.43. The zero-order chi connectivity index (χ0) is 12.3. The number of aromatic amines is 1. The number of likely N-dealkylation sites (tertiary alicyclic amines) is 1. The molecule has 2 rings (SSSR count). The minimum Gasteiger partial charge on any atom is -0.350 e. The second kappa shape index (κ2) is 5.27. The number of H-pyrrole nitrogens is 1. The fraction of sp³-hybridized carbons (Fsp3) is 0.727. The molecule has 6 nitrogen and oxygen atoms in total. The van der Waals surface area contributed by atoms with Crippen molar-refractivity contribution in [3.05, 3.63) is 11.9 Å². The van der Waals surface area contributed by atoms with Crippen LogP contribution in [-0.4, -0.2) is 51.9 Å². The summed E-state index contributed by atoms with van der Waals surface area (Å²) >= 11 is 0. The van der Waals surface area contributed by atoms with Crippen LogP contribution in [0.2, 0.25) is 0 Å². The first-order valence-corrected chi connectivity index (χ1v) is 6.05. The van der Waals surface area contributed by atoms with Gasteiger partial charge >= 0.3 is 0 Å². The highest BCUT2D eigenvalue weighted by Gasteiger charge is 2.24. The molecule has 0 radical (unpaired) electrons. The van der Waals surface area contributed by atoms with Crippen LogP contribution in [-0.2, 0) is 0 Å². The van der Waals surface area contributed by atoms with E-state index in [1.807, 2.05) is 0 Å². The van der Waals surface area contributed by atoms with Crippen molar-refractivity contribution < 1.29 is 4.79 Å². The molecule has 2 N–H and O–H groups in total. The Kier molecular flexibility index (Phi) is 3.73. The number of carbonyl (C=O) groups excluding carboxylic acids is 1. The fourth-order valence-electron chi connectivity index (χ4n) is 2.14. The SMILES string of the molecule is CC(C)N1CCC(CNC(=O)c2cn[nH]n2)C1. The zero-order valence-corrected chi connectivity index (χ0v) is 10.3. The van der Waals surface area contributed by atoms with E-state index in [9.17, 15) is 4.79 Å². The molecule has 2 heterocycles. The Morgan fingerprint density at radius 1 is 1.71 bits per heavy atom. The van der Waals surface area contributed by atoms with Gasteiger partial charge in [0.2, 0.25) is 0 Å². The summed E-state index contributed by atoms with van der Waals surface area (Å²) in [6.45, 7) is 7.32. The maximum Gasteiger partial charge on any atom is 0.273 e. The molecule has 1 saturated heterocycles. The third-order valence-electron chi connectivity index (χ3n) is 3.25. The molecule has 1 unspecified atom stereocenters. The molecule has 17 heavy (non-hydrogen) atoms. The summed E-state index contributed by atoms with van der Waals surface area (Å²) in [6.07, 6.45) is 2.58. The second-order valence-corrected chi connectivity index (χ2v) is 4.81. The molecule has 0 aromatic carbocycles. The molecule has 6 heteroatoms. The van der Waals surface area contributed by atoms with E-state index in [0.29, 0.717) is 17.7 Å². The molecule has 0 bridgehead atoms. The summed E-state index contributed by atoms with van der Waals surface area (Å²) in [4.78, 5) is 14.1. The largest absolute Gasteiger partial charge is 0.350 e. The maximum absolute atomic E-state index is 11.6. The van der Waals surface area contributed by atoms with Crippen LogP contribution in [0, 0.1) is 5.92 Å². The fourth-order valence-corrected chi connectivity index (χ4v) is 2.14. The van der Waals surface area contributed by atoms with Gasteiger partial charge in [0.25, 0.3) is 5.91 Å². The lowest BCUT2D eigenvalue weighted by Gasteiger charge is -2.20. The molecule has 0 aliphatic carbocycles. The lowest BCUT2D eigenvalue weighted by Crippen LogP contribution is -2.33. The van der Waals surface area contributed by atoms with Crippen LogP contribution in [0.25, 0.3) is 0 Å². The van der Waals surface area contributed by atoms with Crippen molar-refractivity contribution in [3.63, 3.8) is 0 Å². The van der Waals surface area contributed by atoms with E-state index < -0.39 is 0 Å². The zero-order valence-electron chi connectivity index (χ0n) is 10.3. The molecule has 94 valence electrons. The van der Waals surface area contributed by atoms with Crippen LogP contribution in [0.4, 0.5) is 0 Å². The van der Waals surface area contributed by atoms with Gasteiger partial charge in [-0.15, -0.1) is 0 Å². The van der Waals surface area contributed by atoms with Gasteiger partial charge in [0, 0.05) is 19.1 Å². The van der Waals surface area contributed by atoms with Crippen molar-refractivity contribution in [3.8, 4) is 0 Å². The van der Waals surface area contributed by atoms with Crippen molar-refractivity contribution in [2.45, 2.75) is 26.3 Å². The molecular formula is C11H19N5O. The maximum atomic E-state index is 11.6. The van der Waals surface area contributed by atoms with E-state index >= 15 is 0 Å². The predicted octanol–water partition coefficient (Wildman–Crippen LogP) is 0.265. The molecule has 1 fully saturated rings. The number of hydrogen-bond acceptors (Lipinski definition) is 4.